The van der Waals surface area contributed by atoms with Crippen molar-refractivity contribution < 1.29 is 22.3 Å². The van der Waals surface area contributed by atoms with Gasteiger partial charge in [0.2, 0.25) is 4.91 Å². The lowest BCUT2D eigenvalue weighted by Gasteiger charge is -2.17. The average molecular weight is 512 g/mol. The second kappa shape index (κ2) is 9.43. The van der Waals surface area contributed by atoms with E-state index in [-0.39, 0.29) is 0 Å². The van der Waals surface area contributed by atoms with Crippen LogP contribution in [0.2, 0.25) is 0 Å². The molecule has 0 spiro atoms. The lowest BCUT2D eigenvalue weighted by molar-refractivity contribution is -0.253. The van der Waals surface area contributed by atoms with Crippen molar-refractivity contribution in [3.63, 3.8) is 0 Å². The van der Waals surface area contributed by atoms with E-state index in [0.717, 1.165) is 20.6 Å². The van der Waals surface area contributed by atoms with E-state index in [4.69, 9.17) is 5.53 Å². The summed E-state index contributed by atoms with van der Waals surface area (Å²) >= 11 is 6.91. The maximum Gasteiger partial charge on any atom is 0.461 e. The fourth-order valence-electron chi connectivity index (χ4n) is 2.40. The molecule has 0 bridgehead atoms. The summed E-state index contributed by atoms with van der Waals surface area (Å²) in [7, 11) is 0. The van der Waals surface area contributed by atoms with Crippen LogP contribution in [0.1, 0.15) is 23.6 Å². The predicted molar refractivity (Wildman–Crippen MR) is 98.2 cm³/mol. The number of benzene rings is 2. The molecule has 2 aromatic carbocycles. The Morgan fingerprint density at radius 1 is 1.11 bits per heavy atom. The van der Waals surface area contributed by atoms with E-state index < -0.39 is 24.3 Å². The molecule has 2 aromatic rings. The average Bonchev–Trinajstić information content (AvgIpc) is 2.60. The van der Waals surface area contributed by atoms with Gasteiger partial charge in [-0.15, -0.1) is 0 Å². The molecule has 1 N–H and O–H groups in total. The standard InChI is InChI=1S/C17H14Br2F4N3O/c18-13-5-2-6-14(19)12(13)7-8-15(25-26-24)10-3-1-4-11(9-10)27-17(22,23)16(20)21/h1-6,9,15-16,24H,7-8H2/q+1. The number of halogens is 6. The van der Waals surface area contributed by atoms with Crippen LogP contribution >= 0.6 is 31.9 Å². The minimum Gasteiger partial charge on any atom is -0.428 e. The first-order valence-electron chi connectivity index (χ1n) is 7.69. The highest BCUT2D eigenvalue weighted by Gasteiger charge is 2.44. The Kier molecular flexibility index (Phi) is 7.52. The summed E-state index contributed by atoms with van der Waals surface area (Å²) in [5.74, 6) is -0.412. The van der Waals surface area contributed by atoms with Gasteiger partial charge in [-0.2, -0.15) is 17.6 Å². The van der Waals surface area contributed by atoms with Crippen molar-refractivity contribution in [1.29, 1.82) is 5.53 Å². The molecule has 0 fully saturated rings. The van der Waals surface area contributed by atoms with Gasteiger partial charge < -0.3 is 4.74 Å². The van der Waals surface area contributed by atoms with Gasteiger partial charge in [-0.25, -0.2) is 0 Å². The molecule has 0 aliphatic heterocycles. The van der Waals surface area contributed by atoms with E-state index in [0.29, 0.717) is 18.4 Å². The van der Waals surface area contributed by atoms with Crippen molar-refractivity contribution in [2.75, 3.05) is 0 Å². The zero-order valence-corrected chi connectivity index (χ0v) is 16.9. The second-order valence-electron chi connectivity index (χ2n) is 5.51. The largest absolute Gasteiger partial charge is 0.461 e. The molecule has 0 aliphatic carbocycles. The first kappa shape index (κ1) is 21.5. The third-order valence-corrected chi connectivity index (χ3v) is 5.16. The van der Waals surface area contributed by atoms with Crippen molar-refractivity contribution in [2.45, 2.75) is 31.4 Å². The lowest BCUT2D eigenvalue weighted by Crippen LogP contribution is -2.33. The topological polar surface area (TPSA) is 59.5 Å². The Morgan fingerprint density at radius 3 is 2.33 bits per heavy atom. The molecule has 10 heteroatoms. The normalized spacial score (nSPS) is 12.6. The highest BCUT2D eigenvalue weighted by atomic mass is 79.9. The number of nitrogens with one attached hydrogen (secondary N) is 1. The Morgan fingerprint density at radius 2 is 1.74 bits per heavy atom. The number of nitrogens with zero attached hydrogens (tertiary/aromatic N) is 2. The summed E-state index contributed by atoms with van der Waals surface area (Å²) in [6.45, 7) is 0. The Labute approximate surface area is 169 Å². The van der Waals surface area contributed by atoms with Crippen LogP contribution in [-0.4, -0.2) is 12.5 Å². The van der Waals surface area contributed by atoms with Crippen molar-refractivity contribution in [2.24, 2.45) is 5.11 Å². The minimum absolute atomic E-state index is 0.412. The van der Waals surface area contributed by atoms with Crippen LogP contribution < -0.4 is 9.65 Å². The molecule has 0 aromatic heterocycles. The van der Waals surface area contributed by atoms with E-state index in [1.54, 1.807) is 6.07 Å². The van der Waals surface area contributed by atoms with E-state index >= 15 is 0 Å². The molecule has 0 radical (unpaired) electrons. The van der Waals surface area contributed by atoms with Crippen molar-refractivity contribution in [3.05, 3.63) is 62.5 Å². The highest BCUT2D eigenvalue weighted by molar-refractivity contribution is 9.11. The summed E-state index contributed by atoms with van der Waals surface area (Å²) in [6.07, 6.45) is -7.58. The Balaban J connectivity index is 2.21. The third kappa shape index (κ3) is 5.85. The molecule has 0 aliphatic rings. The molecule has 0 saturated heterocycles. The van der Waals surface area contributed by atoms with Gasteiger partial charge in [-0.1, -0.05) is 50.1 Å². The van der Waals surface area contributed by atoms with Crippen LogP contribution in [0.3, 0.4) is 0 Å². The lowest BCUT2D eigenvalue weighted by atomic mass is 9.99. The summed E-state index contributed by atoms with van der Waals surface area (Å²) in [6, 6.07) is 10.3. The van der Waals surface area contributed by atoms with Crippen molar-refractivity contribution >= 4 is 31.9 Å². The number of alkyl halides is 4. The summed E-state index contributed by atoms with van der Waals surface area (Å²) < 4.78 is 56.8. The third-order valence-electron chi connectivity index (χ3n) is 3.68. The number of rotatable bonds is 8. The number of hydrogen-bond acceptors (Lipinski definition) is 3. The number of hydrogen-bond donors (Lipinski definition) is 1. The molecule has 0 amide bonds. The van der Waals surface area contributed by atoms with Crippen LogP contribution in [0.15, 0.2) is 56.5 Å². The molecule has 1 atom stereocenters. The predicted octanol–water partition coefficient (Wildman–Crippen LogP) is 6.67. The SMILES string of the molecule is N=[N+]=NC(CCc1c(Br)cccc1Br)c1cccc(OC(F)(F)C(F)F)c1. The Bertz CT molecular complexity index is 824. The fraction of sp³-hybridized carbons (Fsp3) is 0.294. The van der Waals surface area contributed by atoms with Gasteiger partial charge in [0.15, 0.2) is 6.04 Å². The first-order valence-corrected chi connectivity index (χ1v) is 9.27. The first-order chi connectivity index (χ1) is 12.7. The molecule has 27 heavy (non-hydrogen) atoms. The molecular weight excluding hydrogens is 498 g/mol. The van der Waals surface area contributed by atoms with E-state index in [1.807, 2.05) is 18.2 Å². The van der Waals surface area contributed by atoms with Gasteiger partial charge in [0, 0.05) is 8.95 Å². The van der Waals surface area contributed by atoms with Gasteiger partial charge in [0.1, 0.15) is 16.4 Å². The molecule has 0 heterocycles. The van der Waals surface area contributed by atoms with Gasteiger partial charge >= 0.3 is 12.5 Å². The maximum absolute atomic E-state index is 13.1. The quantitative estimate of drug-likeness (QED) is 0.240. The molecular formula is C17H14Br2F4N3O+. The second-order valence-corrected chi connectivity index (χ2v) is 7.22. The highest BCUT2D eigenvalue weighted by Crippen LogP contribution is 2.33. The summed E-state index contributed by atoms with van der Waals surface area (Å²) in [4.78, 5) is 3.04. The van der Waals surface area contributed by atoms with Gasteiger partial charge in [-0.3, -0.25) is 0 Å². The smallest absolute Gasteiger partial charge is 0.428 e. The maximum atomic E-state index is 13.1. The van der Waals surface area contributed by atoms with E-state index in [1.165, 1.54) is 12.1 Å². The number of ether oxygens (including phenoxy) is 1. The zero-order valence-electron chi connectivity index (χ0n) is 13.7. The molecule has 144 valence electrons. The van der Waals surface area contributed by atoms with Crippen LogP contribution in [0.25, 0.3) is 0 Å². The van der Waals surface area contributed by atoms with Gasteiger partial charge in [0.25, 0.3) is 0 Å². The van der Waals surface area contributed by atoms with Crippen molar-refractivity contribution in [1.82, 2.24) is 4.91 Å². The molecule has 4 nitrogen and oxygen atoms in total. The van der Waals surface area contributed by atoms with Crippen molar-refractivity contribution in [3.8, 4) is 5.75 Å². The van der Waals surface area contributed by atoms with E-state index in [2.05, 4.69) is 46.6 Å². The zero-order chi connectivity index (χ0) is 20.0. The van der Waals surface area contributed by atoms with Crippen LogP contribution in [0, 0.1) is 5.53 Å². The van der Waals surface area contributed by atoms with Crippen LogP contribution in [0.4, 0.5) is 17.6 Å². The van der Waals surface area contributed by atoms with Crippen LogP contribution in [0.5, 0.6) is 5.75 Å². The molecule has 2 rings (SSSR count). The Hall–Kier alpha value is -1.77. The fourth-order valence-corrected chi connectivity index (χ4v) is 3.79. The van der Waals surface area contributed by atoms with Crippen LogP contribution in [-0.2, 0) is 6.42 Å². The minimum atomic E-state index is -4.59. The summed E-state index contributed by atoms with van der Waals surface area (Å²) in [5, 5.41) is 3.81. The summed E-state index contributed by atoms with van der Waals surface area (Å²) in [5.41, 5.74) is 8.39. The van der Waals surface area contributed by atoms with Gasteiger partial charge in [-0.05, 0) is 48.2 Å². The monoisotopic (exact) mass is 510 g/mol. The molecule has 1 unspecified atom stereocenters. The van der Waals surface area contributed by atoms with Gasteiger partial charge in [0.05, 0.1) is 0 Å². The van der Waals surface area contributed by atoms with E-state index in [9.17, 15) is 17.6 Å². The molecule has 0 saturated carbocycles.